The first-order valence-electron chi connectivity index (χ1n) is 6.94. The molecule has 3 N–H and O–H groups in total. The SMILES string of the molecule is CCOCC(C)NC(=O)N[C@H](Cc1ccccc1)C(=O)O. The van der Waals surface area contributed by atoms with E-state index in [1.165, 1.54) is 0 Å². The van der Waals surface area contributed by atoms with Crippen molar-refractivity contribution in [2.75, 3.05) is 13.2 Å². The lowest BCUT2D eigenvalue weighted by Crippen LogP contribution is -2.50. The van der Waals surface area contributed by atoms with Crippen LogP contribution in [0.2, 0.25) is 0 Å². The van der Waals surface area contributed by atoms with Crippen molar-refractivity contribution in [3.8, 4) is 0 Å². The Balaban J connectivity index is 2.50. The van der Waals surface area contributed by atoms with Crippen LogP contribution in [0.1, 0.15) is 19.4 Å². The monoisotopic (exact) mass is 294 g/mol. The zero-order chi connectivity index (χ0) is 15.7. The van der Waals surface area contributed by atoms with Gasteiger partial charge in [0.1, 0.15) is 6.04 Å². The van der Waals surface area contributed by atoms with Crippen molar-refractivity contribution in [2.45, 2.75) is 32.4 Å². The molecule has 0 radical (unpaired) electrons. The Bertz CT molecular complexity index is 450. The van der Waals surface area contributed by atoms with Crippen LogP contribution in [0.5, 0.6) is 0 Å². The zero-order valence-corrected chi connectivity index (χ0v) is 12.3. The van der Waals surface area contributed by atoms with E-state index in [1.54, 1.807) is 6.92 Å². The normalized spacial score (nSPS) is 13.2. The lowest BCUT2D eigenvalue weighted by molar-refractivity contribution is -0.139. The lowest BCUT2D eigenvalue weighted by Gasteiger charge is -2.18. The van der Waals surface area contributed by atoms with Crippen LogP contribution in [-0.4, -0.2) is 42.4 Å². The minimum atomic E-state index is -1.06. The van der Waals surface area contributed by atoms with E-state index in [1.807, 2.05) is 37.3 Å². The fourth-order valence-electron chi connectivity index (χ4n) is 1.81. The number of benzene rings is 1. The maximum Gasteiger partial charge on any atom is 0.326 e. The van der Waals surface area contributed by atoms with Crippen molar-refractivity contribution in [1.29, 1.82) is 0 Å². The molecule has 1 aromatic rings. The van der Waals surface area contributed by atoms with Gasteiger partial charge in [-0.3, -0.25) is 0 Å². The molecule has 1 unspecified atom stereocenters. The highest BCUT2D eigenvalue weighted by molar-refractivity contribution is 5.82. The third kappa shape index (κ3) is 6.76. The number of hydrogen-bond acceptors (Lipinski definition) is 3. The molecule has 6 nitrogen and oxygen atoms in total. The largest absolute Gasteiger partial charge is 0.480 e. The van der Waals surface area contributed by atoms with Gasteiger partial charge in [-0.1, -0.05) is 30.3 Å². The highest BCUT2D eigenvalue weighted by Gasteiger charge is 2.20. The Kier molecular flexibility index (Phi) is 7.25. The van der Waals surface area contributed by atoms with E-state index in [-0.39, 0.29) is 12.5 Å². The summed E-state index contributed by atoms with van der Waals surface area (Å²) in [6, 6.07) is 7.51. The number of aliphatic carboxylic acids is 1. The molecule has 1 rings (SSSR count). The summed E-state index contributed by atoms with van der Waals surface area (Å²) in [5.74, 6) is -1.06. The topological polar surface area (TPSA) is 87.7 Å². The molecule has 0 aromatic heterocycles. The number of carbonyl (C=O) groups excluding carboxylic acids is 1. The minimum Gasteiger partial charge on any atom is -0.480 e. The van der Waals surface area contributed by atoms with Crippen LogP contribution in [0.3, 0.4) is 0 Å². The van der Waals surface area contributed by atoms with Gasteiger partial charge in [-0.15, -0.1) is 0 Å². The van der Waals surface area contributed by atoms with Gasteiger partial charge in [0.15, 0.2) is 0 Å². The van der Waals surface area contributed by atoms with Crippen molar-refractivity contribution >= 4 is 12.0 Å². The van der Waals surface area contributed by atoms with Gasteiger partial charge in [0, 0.05) is 13.0 Å². The van der Waals surface area contributed by atoms with Crippen molar-refractivity contribution in [3.05, 3.63) is 35.9 Å². The van der Waals surface area contributed by atoms with Gasteiger partial charge in [0.05, 0.1) is 12.6 Å². The summed E-state index contributed by atoms with van der Waals surface area (Å²) < 4.78 is 5.19. The molecule has 1 aromatic carbocycles. The second-order valence-corrected chi connectivity index (χ2v) is 4.76. The second-order valence-electron chi connectivity index (χ2n) is 4.76. The van der Waals surface area contributed by atoms with Crippen molar-refractivity contribution in [3.63, 3.8) is 0 Å². The van der Waals surface area contributed by atoms with Crippen molar-refractivity contribution in [2.24, 2.45) is 0 Å². The number of carbonyl (C=O) groups is 2. The first-order chi connectivity index (χ1) is 10.0. The Morgan fingerprint density at radius 2 is 1.90 bits per heavy atom. The Morgan fingerprint density at radius 1 is 1.24 bits per heavy atom. The van der Waals surface area contributed by atoms with Crippen LogP contribution >= 0.6 is 0 Å². The third-order valence-corrected chi connectivity index (χ3v) is 2.84. The van der Waals surface area contributed by atoms with Gasteiger partial charge < -0.3 is 20.5 Å². The van der Waals surface area contributed by atoms with Crippen LogP contribution in [-0.2, 0) is 16.0 Å². The molecule has 0 saturated carbocycles. The molecule has 21 heavy (non-hydrogen) atoms. The first kappa shape index (κ1) is 17.0. The van der Waals surface area contributed by atoms with E-state index >= 15 is 0 Å². The highest BCUT2D eigenvalue weighted by atomic mass is 16.5. The Hall–Kier alpha value is -2.08. The molecule has 6 heteroatoms. The fourth-order valence-corrected chi connectivity index (χ4v) is 1.81. The first-order valence-corrected chi connectivity index (χ1v) is 6.94. The number of rotatable bonds is 8. The fraction of sp³-hybridized carbons (Fsp3) is 0.467. The van der Waals surface area contributed by atoms with E-state index in [0.29, 0.717) is 13.2 Å². The lowest BCUT2D eigenvalue weighted by atomic mass is 10.1. The molecule has 0 heterocycles. The average Bonchev–Trinajstić information content (AvgIpc) is 2.45. The predicted molar refractivity (Wildman–Crippen MR) is 79.2 cm³/mol. The maximum absolute atomic E-state index is 11.8. The summed E-state index contributed by atoms with van der Waals surface area (Å²) in [7, 11) is 0. The summed E-state index contributed by atoms with van der Waals surface area (Å²) in [6.45, 7) is 4.62. The molecule has 116 valence electrons. The van der Waals surface area contributed by atoms with Crippen LogP contribution in [0, 0.1) is 0 Å². The molecule has 0 aliphatic heterocycles. The summed E-state index contributed by atoms with van der Waals surface area (Å²) in [4.78, 5) is 23.0. The predicted octanol–water partition coefficient (Wildman–Crippen LogP) is 1.41. The van der Waals surface area contributed by atoms with E-state index in [9.17, 15) is 14.7 Å². The molecule has 0 bridgehead atoms. The zero-order valence-electron chi connectivity index (χ0n) is 12.3. The average molecular weight is 294 g/mol. The van der Waals surface area contributed by atoms with Gasteiger partial charge >= 0.3 is 12.0 Å². The number of urea groups is 1. The third-order valence-electron chi connectivity index (χ3n) is 2.84. The van der Waals surface area contributed by atoms with Gasteiger partial charge in [0.25, 0.3) is 0 Å². The van der Waals surface area contributed by atoms with Crippen LogP contribution in [0.25, 0.3) is 0 Å². The molecule has 0 aliphatic carbocycles. The number of carboxylic acids is 1. The molecule has 0 saturated heterocycles. The number of carboxylic acid groups (broad SMARTS) is 1. The van der Waals surface area contributed by atoms with E-state index in [0.717, 1.165) is 5.56 Å². The Labute approximate surface area is 124 Å². The number of ether oxygens (including phenoxy) is 1. The van der Waals surface area contributed by atoms with Gasteiger partial charge in [-0.05, 0) is 19.4 Å². The van der Waals surface area contributed by atoms with E-state index < -0.39 is 18.0 Å². The summed E-state index contributed by atoms with van der Waals surface area (Å²) >= 11 is 0. The summed E-state index contributed by atoms with van der Waals surface area (Å²) in [6.07, 6.45) is 0.240. The summed E-state index contributed by atoms with van der Waals surface area (Å²) in [5.41, 5.74) is 0.854. The van der Waals surface area contributed by atoms with Crippen LogP contribution in [0.4, 0.5) is 4.79 Å². The quantitative estimate of drug-likeness (QED) is 0.676. The van der Waals surface area contributed by atoms with Gasteiger partial charge in [-0.2, -0.15) is 0 Å². The van der Waals surface area contributed by atoms with Gasteiger partial charge in [0.2, 0.25) is 0 Å². The number of amides is 2. The molecule has 2 atom stereocenters. The highest BCUT2D eigenvalue weighted by Crippen LogP contribution is 2.03. The summed E-state index contributed by atoms with van der Waals surface area (Å²) in [5, 5.41) is 14.3. The molecule has 0 spiro atoms. The van der Waals surface area contributed by atoms with Gasteiger partial charge in [-0.25, -0.2) is 9.59 Å². The molecule has 0 fully saturated rings. The van der Waals surface area contributed by atoms with Crippen molar-refractivity contribution < 1.29 is 19.4 Å². The molecular weight excluding hydrogens is 272 g/mol. The standard InChI is InChI=1S/C15H22N2O4/c1-3-21-10-11(2)16-15(20)17-13(14(18)19)9-12-7-5-4-6-8-12/h4-8,11,13H,3,9-10H2,1-2H3,(H,18,19)(H2,16,17,20)/t11?,13-/m1/s1. The van der Waals surface area contributed by atoms with Crippen LogP contribution < -0.4 is 10.6 Å². The number of nitrogens with one attached hydrogen (secondary N) is 2. The Morgan fingerprint density at radius 3 is 2.48 bits per heavy atom. The van der Waals surface area contributed by atoms with Crippen molar-refractivity contribution in [1.82, 2.24) is 10.6 Å². The molecular formula is C15H22N2O4. The maximum atomic E-state index is 11.8. The number of hydrogen-bond donors (Lipinski definition) is 3. The van der Waals surface area contributed by atoms with Crippen LogP contribution in [0.15, 0.2) is 30.3 Å². The molecule has 0 aliphatic rings. The van der Waals surface area contributed by atoms with E-state index in [2.05, 4.69) is 10.6 Å². The smallest absolute Gasteiger partial charge is 0.326 e. The molecule has 2 amide bonds. The second kappa shape index (κ2) is 8.97. The van der Waals surface area contributed by atoms with E-state index in [4.69, 9.17) is 4.74 Å². The minimum absolute atomic E-state index is 0.184.